The van der Waals surface area contributed by atoms with Crippen molar-refractivity contribution in [1.82, 2.24) is 0 Å². The molecule has 0 atom stereocenters. The fourth-order valence-electron chi connectivity index (χ4n) is 5.71. The summed E-state index contributed by atoms with van der Waals surface area (Å²) in [6, 6.07) is 23.0. The Hall–Kier alpha value is -5.31. The third-order valence-electron chi connectivity index (χ3n) is 7.50. The predicted octanol–water partition coefficient (Wildman–Crippen LogP) is 7.06. The molecule has 0 amide bonds. The van der Waals surface area contributed by atoms with Gasteiger partial charge in [0, 0.05) is 41.2 Å². The standard InChI is InChI=1S/C33H29N3O6/c1-33(2)18-28-31-24(19-35(28)27-11-7-8-12-29(27)40-3)21(15-16-25(31)34-33)22-14-13-20(17-30(22)41-4)42-32(37)23-9-5-6-10-26(23)36(38)39/h5-18,34H,19H2,1-4H3. The molecule has 0 aliphatic carbocycles. The first-order chi connectivity index (χ1) is 20.2. The summed E-state index contributed by atoms with van der Waals surface area (Å²) in [6.07, 6.45) is 2.24. The highest BCUT2D eigenvalue weighted by atomic mass is 16.6. The summed E-state index contributed by atoms with van der Waals surface area (Å²) in [6.45, 7) is 4.89. The topological polar surface area (TPSA) is 103 Å². The lowest BCUT2D eigenvalue weighted by molar-refractivity contribution is -0.385. The van der Waals surface area contributed by atoms with Crippen LogP contribution in [0.1, 0.15) is 35.3 Å². The van der Waals surface area contributed by atoms with E-state index in [0.29, 0.717) is 12.3 Å². The molecule has 6 rings (SSSR count). The van der Waals surface area contributed by atoms with Gasteiger partial charge in [-0.15, -0.1) is 0 Å². The van der Waals surface area contributed by atoms with Crippen LogP contribution in [0.25, 0.3) is 16.8 Å². The van der Waals surface area contributed by atoms with Gasteiger partial charge in [0.1, 0.15) is 22.8 Å². The summed E-state index contributed by atoms with van der Waals surface area (Å²) >= 11 is 0. The van der Waals surface area contributed by atoms with Gasteiger partial charge in [-0.25, -0.2) is 4.79 Å². The molecule has 0 fully saturated rings. The molecule has 0 spiro atoms. The SMILES string of the molecule is COc1cc(OC(=O)c2ccccc2[N+](=O)[O-])ccc1-c1ccc2c3c1CN(c1ccccc1OC)C3=CC(C)(C)N2. The van der Waals surface area contributed by atoms with Gasteiger partial charge in [0.05, 0.1) is 30.4 Å². The second-order valence-electron chi connectivity index (χ2n) is 10.7. The van der Waals surface area contributed by atoms with Crippen LogP contribution in [-0.2, 0) is 6.54 Å². The number of nitrogens with one attached hydrogen (secondary N) is 1. The molecule has 2 aliphatic rings. The summed E-state index contributed by atoms with van der Waals surface area (Å²) in [5.41, 5.74) is 6.46. The van der Waals surface area contributed by atoms with E-state index in [2.05, 4.69) is 48.3 Å². The number of methoxy groups -OCH3 is 2. The van der Waals surface area contributed by atoms with Gasteiger partial charge in [-0.2, -0.15) is 0 Å². The van der Waals surface area contributed by atoms with E-state index < -0.39 is 10.9 Å². The molecule has 9 nitrogen and oxygen atoms in total. The Morgan fingerprint density at radius 1 is 0.929 bits per heavy atom. The van der Waals surface area contributed by atoms with Gasteiger partial charge in [0.15, 0.2) is 0 Å². The van der Waals surface area contributed by atoms with Crippen LogP contribution < -0.4 is 24.4 Å². The van der Waals surface area contributed by atoms with E-state index in [1.165, 1.54) is 18.2 Å². The minimum absolute atomic E-state index is 0.125. The lowest BCUT2D eigenvalue weighted by Crippen LogP contribution is -2.33. The van der Waals surface area contributed by atoms with Crippen LogP contribution in [0, 0.1) is 10.1 Å². The molecule has 0 radical (unpaired) electrons. The van der Waals surface area contributed by atoms with Crippen LogP contribution in [0.3, 0.4) is 0 Å². The van der Waals surface area contributed by atoms with E-state index in [1.807, 2.05) is 24.3 Å². The number of para-hydroxylation sites is 3. The van der Waals surface area contributed by atoms with Crippen molar-refractivity contribution in [1.29, 1.82) is 0 Å². The zero-order valence-corrected chi connectivity index (χ0v) is 23.6. The zero-order chi connectivity index (χ0) is 29.6. The Bertz CT molecular complexity index is 1780. The van der Waals surface area contributed by atoms with Gasteiger partial charge in [0.2, 0.25) is 0 Å². The third kappa shape index (κ3) is 4.58. The van der Waals surface area contributed by atoms with Crippen molar-refractivity contribution >= 4 is 28.7 Å². The van der Waals surface area contributed by atoms with Crippen LogP contribution in [0.5, 0.6) is 17.2 Å². The molecule has 0 saturated heterocycles. The number of esters is 1. The molecule has 0 aromatic heterocycles. The van der Waals surface area contributed by atoms with Gasteiger partial charge in [-0.1, -0.05) is 30.3 Å². The maximum absolute atomic E-state index is 12.8. The van der Waals surface area contributed by atoms with Gasteiger partial charge >= 0.3 is 5.97 Å². The zero-order valence-electron chi connectivity index (χ0n) is 23.6. The van der Waals surface area contributed by atoms with Gasteiger partial charge in [0.25, 0.3) is 5.69 Å². The maximum atomic E-state index is 12.8. The van der Waals surface area contributed by atoms with Crippen molar-refractivity contribution in [2.45, 2.75) is 25.9 Å². The fraction of sp³-hybridized carbons (Fsp3) is 0.182. The van der Waals surface area contributed by atoms with Crippen LogP contribution in [-0.4, -0.2) is 30.7 Å². The average Bonchev–Trinajstić information content (AvgIpc) is 3.36. The van der Waals surface area contributed by atoms with Crippen molar-refractivity contribution in [3.05, 3.63) is 112 Å². The summed E-state index contributed by atoms with van der Waals surface area (Å²) < 4.78 is 17.0. The summed E-state index contributed by atoms with van der Waals surface area (Å²) in [4.78, 5) is 25.9. The van der Waals surface area contributed by atoms with Gasteiger partial charge in [-0.3, -0.25) is 10.1 Å². The summed E-state index contributed by atoms with van der Waals surface area (Å²) in [5.74, 6) is 0.686. The predicted molar refractivity (Wildman–Crippen MR) is 161 cm³/mol. The lowest BCUT2D eigenvalue weighted by atomic mass is 9.89. The van der Waals surface area contributed by atoms with Gasteiger partial charge in [-0.05, 0) is 67.4 Å². The van der Waals surface area contributed by atoms with Crippen molar-refractivity contribution in [3.8, 4) is 28.4 Å². The third-order valence-corrected chi connectivity index (χ3v) is 7.50. The van der Waals surface area contributed by atoms with E-state index in [4.69, 9.17) is 14.2 Å². The van der Waals surface area contributed by atoms with Crippen LogP contribution in [0.2, 0.25) is 0 Å². The Morgan fingerprint density at radius 3 is 2.40 bits per heavy atom. The smallest absolute Gasteiger partial charge is 0.350 e. The van der Waals surface area contributed by atoms with E-state index in [-0.39, 0.29) is 22.5 Å². The Kier molecular flexibility index (Phi) is 6.57. The minimum Gasteiger partial charge on any atom is -0.496 e. The molecule has 0 saturated carbocycles. The van der Waals surface area contributed by atoms with Crippen LogP contribution in [0.4, 0.5) is 17.1 Å². The maximum Gasteiger partial charge on any atom is 0.350 e. The van der Waals surface area contributed by atoms with E-state index in [0.717, 1.165) is 45.1 Å². The highest BCUT2D eigenvalue weighted by Gasteiger charge is 2.37. The molecule has 2 aliphatic heterocycles. The largest absolute Gasteiger partial charge is 0.496 e. The Labute approximate surface area is 243 Å². The van der Waals surface area contributed by atoms with Crippen LogP contribution in [0.15, 0.2) is 84.9 Å². The van der Waals surface area contributed by atoms with Gasteiger partial charge < -0.3 is 24.4 Å². The van der Waals surface area contributed by atoms with Crippen molar-refractivity contribution in [3.63, 3.8) is 0 Å². The fourth-order valence-corrected chi connectivity index (χ4v) is 5.71. The molecule has 1 N–H and O–H groups in total. The number of hydrogen-bond donors (Lipinski definition) is 1. The number of rotatable bonds is 7. The second kappa shape index (κ2) is 10.3. The Morgan fingerprint density at radius 2 is 1.64 bits per heavy atom. The molecule has 2 heterocycles. The second-order valence-corrected chi connectivity index (χ2v) is 10.7. The lowest BCUT2D eigenvalue weighted by Gasteiger charge is -2.33. The first kappa shape index (κ1) is 26.9. The molecule has 0 unspecified atom stereocenters. The minimum atomic E-state index is -0.819. The molecular weight excluding hydrogens is 534 g/mol. The summed E-state index contributed by atoms with van der Waals surface area (Å²) in [7, 11) is 3.23. The molecule has 9 heteroatoms. The number of nitrogens with zero attached hydrogens (tertiary/aromatic N) is 2. The number of hydrogen-bond acceptors (Lipinski definition) is 8. The van der Waals surface area contributed by atoms with Crippen molar-refractivity contribution < 1.29 is 23.9 Å². The number of carbonyl (C=O) groups excluding carboxylic acids is 1. The molecule has 4 aromatic carbocycles. The number of anilines is 2. The highest BCUT2D eigenvalue weighted by molar-refractivity contribution is 5.98. The first-order valence-electron chi connectivity index (χ1n) is 13.4. The highest BCUT2D eigenvalue weighted by Crippen LogP contribution is 2.51. The molecular formula is C33H29N3O6. The van der Waals surface area contributed by atoms with E-state index >= 15 is 0 Å². The number of nitro benzene ring substituents is 1. The Balaban J connectivity index is 1.40. The molecule has 4 aromatic rings. The molecule has 42 heavy (non-hydrogen) atoms. The van der Waals surface area contributed by atoms with Crippen LogP contribution >= 0.6 is 0 Å². The number of carbonyl (C=O) groups is 1. The monoisotopic (exact) mass is 563 g/mol. The van der Waals surface area contributed by atoms with E-state index in [1.54, 1.807) is 32.4 Å². The normalized spacial score (nSPS) is 14.4. The van der Waals surface area contributed by atoms with Crippen molar-refractivity contribution in [2.75, 3.05) is 24.4 Å². The number of benzene rings is 4. The average molecular weight is 564 g/mol. The number of ether oxygens (including phenoxy) is 3. The molecule has 212 valence electrons. The van der Waals surface area contributed by atoms with E-state index in [9.17, 15) is 14.9 Å². The quantitative estimate of drug-likeness (QED) is 0.110. The first-order valence-corrected chi connectivity index (χ1v) is 13.4. The molecule has 0 bridgehead atoms. The number of nitro groups is 1. The summed E-state index contributed by atoms with van der Waals surface area (Å²) in [5, 5.41) is 15.0. The van der Waals surface area contributed by atoms with Crippen molar-refractivity contribution in [2.24, 2.45) is 0 Å².